The van der Waals surface area contributed by atoms with E-state index in [2.05, 4.69) is 31.0 Å². The van der Waals surface area contributed by atoms with E-state index >= 15 is 0 Å². The molecule has 27 heavy (non-hydrogen) atoms. The van der Waals surface area contributed by atoms with Crippen molar-refractivity contribution >= 4 is 17.2 Å². The van der Waals surface area contributed by atoms with Crippen LogP contribution in [-0.2, 0) is 6.42 Å². The molecule has 0 atom stereocenters. The molecule has 1 aliphatic rings. The van der Waals surface area contributed by atoms with Gasteiger partial charge in [0.25, 0.3) is 0 Å². The maximum atomic E-state index is 9.03. The van der Waals surface area contributed by atoms with Gasteiger partial charge in [-0.25, -0.2) is 4.98 Å². The fraction of sp³-hybridized carbons (Fsp3) is 0.368. The smallest absolute Gasteiger partial charge is 0.227 e. The van der Waals surface area contributed by atoms with Gasteiger partial charge in [-0.2, -0.15) is 10.2 Å². The first-order valence-corrected chi connectivity index (χ1v) is 9.90. The van der Waals surface area contributed by atoms with Gasteiger partial charge in [0.05, 0.1) is 16.5 Å². The maximum Gasteiger partial charge on any atom is 0.227 e. The molecule has 3 aromatic rings. The maximum absolute atomic E-state index is 9.03. The van der Waals surface area contributed by atoms with E-state index in [1.807, 2.05) is 23.6 Å². The number of hydrogen-bond acceptors (Lipinski definition) is 8. The molecule has 4 heterocycles. The van der Waals surface area contributed by atoms with Crippen LogP contribution < -0.4 is 4.90 Å². The molecule has 0 spiro atoms. The molecular formula is C19H20N6OS. The molecule has 3 aromatic heterocycles. The number of hydrogen-bond donors (Lipinski definition) is 0. The Morgan fingerprint density at radius 1 is 1.22 bits per heavy atom. The predicted octanol–water partition coefficient (Wildman–Crippen LogP) is 2.82. The number of nitrogens with zero attached hydrogens (tertiary/aromatic N) is 6. The number of anilines is 1. The molecule has 138 valence electrons. The summed E-state index contributed by atoms with van der Waals surface area (Å²) in [5.74, 6) is 2.27. The number of aromatic nitrogens is 3. The SMILES string of the molecule is N#Cc1ccnc(N2CCN(CCCc3nc(-c4cccs4)no3)CC2)c1. The Kier molecular flexibility index (Phi) is 5.42. The first-order valence-electron chi connectivity index (χ1n) is 9.02. The van der Waals surface area contributed by atoms with Crippen LogP contribution in [-0.4, -0.2) is 52.7 Å². The highest BCUT2D eigenvalue weighted by atomic mass is 32.1. The van der Waals surface area contributed by atoms with Crippen molar-refractivity contribution in [3.63, 3.8) is 0 Å². The van der Waals surface area contributed by atoms with Crippen LogP contribution in [0.1, 0.15) is 17.9 Å². The number of pyridine rings is 1. The molecule has 0 aliphatic carbocycles. The molecule has 0 bridgehead atoms. The second-order valence-corrected chi connectivity index (χ2v) is 7.38. The van der Waals surface area contributed by atoms with Crippen molar-refractivity contribution in [1.29, 1.82) is 5.26 Å². The van der Waals surface area contributed by atoms with Crippen molar-refractivity contribution in [3.8, 4) is 16.8 Å². The van der Waals surface area contributed by atoms with Crippen LogP contribution in [0, 0.1) is 11.3 Å². The molecule has 7 nitrogen and oxygen atoms in total. The van der Waals surface area contributed by atoms with E-state index in [1.165, 1.54) is 0 Å². The van der Waals surface area contributed by atoms with Gasteiger partial charge in [0, 0.05) is 38.8 Å². The van der Waals surface area contributed by atoms with Crippen molar-refractivity contribution in [2.75, 3.05) is 37.6 Å². The largest absolute Gasteiger partial charge is 0.354 e. The lowest BCUT2D eigenvalue weighted by molar-refractivity contribution is 0.250. The average molecular weight is 380 g/mol. The van der Waals surface area contributed by atoms with Gasteiger partial charge in [0.15, 0.2) is 0 Å². The Labute approximate surface area is 161 Å². The Morgan fingerprint density at radius 2 is 2.11 bits per heavy atom. The fourth-order valence-corrected chi connectivity index (χ4v) is 3.83. The highest BCUT2D eigenvalue weighted by Gasteiger charge is 2.18. The predicted molar refractivity (Wildman–Crippen MR) is 104 cm³/mol. The summed E-state index contributed by atoms with van der Waals surface area (Å²) in [7, 11) is 0. The highest BCUT2D eigenvalue weighted by Crippen LogP contribution is 2.21. The molecule has 0 unspecified atom stereocenters. The van der Waals surface area contributed by atoms with Crippen LogP contribution in [0.15, 0.2) is 40.4 Å². The van der Waals surface area contributed by atoms with Crippen molar-refractivity contribution in [2.24, 2.45) is 0 Å². The zero-order chi connectivity index (χ0) is 18.5. The van der Waals surface area contributed by atoms with Crippen molar-refractivity contribution in [2.45, 2.75) is 12.8 Å². The van der Waals surface area contributed by atoms with Gasteiger partial charge < -0.3 is 9.42 Å². The summed E-state index contributed by atoms with van der Waals surface area (Å²) < 4.78 is 5.36. The van der Waals surface area contributed by atoms with Crippen molar-refractivity contribution in [1.82, 2.24) is 20.0 Å². The number of nitriles is 1. The number of aryl methyl sites for hydroxylation is 1. The van der Waals surface area contributed by atoms with E-state index in [-0.39, 0.29) is 0 Å². The van der Waals surface area contributed by atoms with Crippen LogP contribution in [0.3, 0.4) is 0 Å². The molecule has 0 amide bonds. The number of piperazine rings is 1. The van der Waals surface area contributed by atoms with Gasteiger partial charge >= 0.3 is 0 Å². The van der Waals surface area contributed by atoms with Gasteiger partial charge in [-0.1, -0.05) is 11.2 Å². The van der Waals surface area contributed by atoms with Crippen LogP contribution >= 0.6 is 11.3 Å². The van der Waals surface area contributed by atoms with E-state index in [0.29, 0.717) is 17.3 Å². The summed E-state index contributed by atoms with van der Waals surface area (Å²) in [6, 6.07) is 9.76. The summed E-state index contributed by atoms with van der Waals surface area (Å²) in [5, 5.41) is 15.1. The molecule has 0 radical (unpaired) electrons. The molecule has 0 saturated carbocycles. The second kappa shape index (κ2) is 8.29. The first-order chi connectivity index (χ1) is 13.3. The lowest BCUT2D eigenvalue weighted by atomic mass is 10.2. The van der Waals surface area contributed by atoms with E-state index in [0.717, 1.165) is 56.3 Å². The summed E-state index contributed by atoms with van der Waals surface area (Å²) in [4.78, 5) is 14.6. The fourth-order valence-electron chi connectivity index (χ4n) is 3.18. The lowest BCUT2D eigenvalue weighted by Gasteiger charge is -2.35. The standard InChI is InChI=1S/C19H20N6OS/c20-14-15-5-6-21-17(13-15)25-10-8-24(9-11-25)7-1-4-18-22-19(23-26-18)16-3-2-12-27-16/h2-3,5-6,12-13H,1,4,7-11H2. The van der Waals surface area contributed by atoms with Gasteiger partial charge in [-0.15, -0.1) is 11.3 Å². The molecule has 0 N–H and O–H groups in total. The van der Waals surface area contributed by atoms with Crippen molar-refractivity contribution in [3.05, 3.63) is 47.3 Å². The van der Waals surface area contributed by atoms with E-state index < -0.39 is 0 Å². The molecule has 1 fully saturated rings. The minimum absolute atomic E-state index is 0.656. The van der Waals surface area contributed by atoms with Gasteiger partial charge in [0.2, 0.25) is 11.7 Å². The minimum atomic E-state index is 0.656. The quantitative estimate of drug-likeness (QED) is 0.650. The third-order valence-electron chi connectivity index (χ3n) is 4.65. The topological polar surface area (TPSA) is 82.1 Å². The van der Waals surface area contributed by atoms with Gasteiger partial charge in [-0.3, -0.25) is 4.90 Å². The lowest BCUT2D eigenvalue weighted by Crippen LogP contribution is -2.47. The zero-order valence-corrected chi connectivity index (χ0v) is 15.7. The van der Waals surface area contributed by atoms with Crippen LogP contribution in [0.4, 0.5) is 5.82 Å². The van der Waals surface area contributed by atoms with E-state index in [9.17, 15) is 0 Å². The number of thiophene rings is 1. The molecule has 8 heteroatoms. The Morgan fingerprint density at radius 3 is 2.89 bits per heavy atom. The zero-order valence-electron chi connectivity index (χ0n) is 14.9. The van der Waals surface area contributed by atoms with Crippen LogP contribution in [0.2, 0.25) is 0 Å². The molecule has 1 saturated heterocycles. The molecule has 0 aromatic carbocycles. The third kappa shape index (κ3) is 4.32. The van der Waals surface area contributed by atoms with E-state index in [1.54, 1.807) is 23.6 Å². The molecule has 4 rings (SSSR count). The minimum Gasteiger partial charge on any atom is -0.354 e. The Balaban J connectivity index is 1.22. The third-order valence-corrected chi connectivity index (χ3v) is 5.51. The summed E-state index contributed by atoms with van der Waals surface area (Å²) in [6.45, 7) is 4.83. The first kappa shape index (κ1) is 17.6. The second-order valence-electron chi connectivity index (χ2n) is 6.44. The normalized spacial score (nSPS) is 15.0. The highest BCUT2D eigenvalue weighted by molar-refractivity contribution is 7.13. The van der Waals surface area contributed by atoms with Crippen molar-refractivity contribution < 1.29 is 4.52 Å². The van der Waals surface area contributed by atoms with Gasteiger partial charge in [0.1, 0.15) is 5.82 Å². The Hall–Kier alpha value is -2.76. The van der Waals surface area contributed by atoms with Crippen LogP contribution in [0.5, 0.6) is 0 Å². The molecular weight excluding hydrogens is 360 g/mol. The van der Waals surface area contributed by atoms with Gasteiger partial charge in [-0.05, 0) is 36.5 Å². The summed E-state index contributed by atoms with van der Waals surface area (Å²) in [6.07, 6.45) is 3.49. The number of rotatable bonds is 6. The monoisotopic (exact) mass is 380 g/mol. The summed E-state index contributed by atoms with van der Waals surface area (Å²) in [5.41, 5.74) is 0.656. The average Bonchev–Trinajstić information content (AvgIpc) is 3.40. The van der Waals surface area contributed by atoms with Crippen LogP contribution in [0.25, 0.3) is 10.7 Å². The molecule has 1 aliphatic heterocycles. The summed E-state index contributed by atoms with van der Waals surface area (Å²) >= 11 is 1.62. The Bertz CT molecular complexity index is 908. The van der Waals surface area contributed by atoms with E-state index in [4.69, 9.17) is 9.78 Å².